The maximum absolute atomic E-state index is 11.2. The molecule has 0 N–H and O–H groups in total. The lowest BCUT2D eigenvalue weighted by Gasteiger charge is -2.19. The van der Waals surface area contributed by atoms with Crippen molar-refractivity contribution >= 4 is 5.97 Å². The molecule has 0 spiro atoms. The molecule has 0 aromatic heterocycles. The van der Waals surface area contributed by atoms with Crippen LogP contribution in [0.2, 0.25) is 0 Å². The van der Waals surface area contributed by atoms with Gasteiger partial charge < -0.3 is 9.47 Å². The topological polar surface area (TPSA) is 35.5 Å². The van der Waals surface area contributed by atoms with Gasteiger partial charge in [-0.25, -0.2) is 4.79 Å². The van der Waals surface area contributed by atoms with Crippen LogP contribution in [0.5, 0.6) is 0 Å². The smallest absolute Gasteiger partial charge is 0.334 e. The summed E-state index contributed by atoms with van der Waals surface area (Å²) in [7, 11) is 1.39. The Bertz CT molecular complexity index is 142. The predicted molar refractivity (Wildman–Crippen MR) is 51.5 cm³/mol. The lowest BCUT2D eigenvalue weighted by Crippen LogP contribution is -2.29. The summed E-state index contributed by atoms with van der Waals surface area (Å²) < 4.78 is 10.1. The van der Waals surface area contributed by atoms with Gasteiger partial charge in [0.1, 0.15) is 0 Å². The van der Waals surface area contributed by atoms with Gasteiger partial charge in [0.05, 0.1) is 13.2 Å². The number of esters is 1. The van der Waals surface area contributed by atoms with Crippen LogP contribution in [-0.4, -0.2) is 25.3 Å². The van der Waals surface area contributed by atoms with Gasteiger partial charge in [-0.2, -0.15) is 0 Å². The minimum absolute atomic E-state index is 0.0582. The van der Waals surface area contributed by atoms with Crippen LogP contribution >= 0.6 is 0 Å². The van der Waals surface area contributed by atoms with Crippen molar-refractivity contribution < 1.29 is 14.3 Å². The summed E-state index contributed by atoms with van der Waals surface area (Å²) in [5.74, 6) is 0.158. The summed E-state index contributed by atoms with van der Waals surface area (Å²) in [6.07, 6.45) is 0.359. The van der Waals surface area contributed by atoms with Gasteiger partial charge in [0.25, 0.3) is 0 Å². The highest BCUT2D eigenvalue weighted by atomic mass is 16.6. The Hall–Kier alpha value is -0.570. The molecule has 0 aliphatic heterocycles. The van der Waals surface area contributed by atoms with Crippen LogP contribution in [0, 0.1) is 5.92 Å². The van der Waals surface area contributed by atoms with Gasteiger partial charge >= 0.3 is 5.97 Å². The highest BCUT2D eigenvalue weighted by molar-refractivity contribution is 5.74. The Kier molecular flexibility index (Phi) is 5.71. The third kappa shape index (κ3) is 5.64. The molecule has 0 heterocycles. The molecule has 0 unspecified atom stereocenters. The molecule has 3 heteroatoms. The van der Waals surface area contributed by atoms with Crippen molar-refractivity contribution in [2.45, 2.75) is 46.3 Å². The van der Waals surface area contributed by atoms with Gasteiger partial charge in [0.15, 0.2) is 6.10 Å². The van der Waals surface area contributed by atoms with Gasteiger partial charge in [-0.15, -0.1) is 0 Å². The van der Waals surface area contributed by atoms with E-state index in [4.69, 9.17) is 4.74 Å². The van der Waals surface area contributed by atoms with E-state index in [1.807, 2.05) is 13.8 Å². The molecule has 0 saturated heterocycles. The quantitative estimate of drug-likeness (QED) is 0.619. The second-order valence-corrected chi connectivity index (χ2v) is 3.83. The molecule has 78 valence electrons. The van der Waals surface area contributed by atoms with E-state index in [-0.39, 0.29) is 12.1 Å². The highest BCUT2D eigenvalue weighted by Gasteiger charge is 2.21. The zero-order valence-electron chi connectivity index (χ0n) is 9.16. The van der Waals surface area contributed by atoms with Gasteiger partial charge in [-0.3, -0.25) is 0 Å². The van der Waals surface area contributed by atoms with Crippen molar-refractivity contribution in [1.29, 1.82) is 0 Å². The zero-order valence-corrected chi connectivity index (χ0v) is 9.16. The molecular formula is C10H20O3. The first-order valence-electron chi connectivity index (χ1n) is 4.70. The van der Waals surface area contributed by atoms with Crippen LogP contribution in [0.15, 0.2) is 0 Å². The van der Waals surface area contributed by atoms with E-state index in [2.05, 4.69) is 18.6 Å². The van der Waals surface area contributed by atoms with Crippen LogP contribution in [-0.2, 0) is 14.3 Å². The molecule has 13 heavy (non-hydrogen) atoms. The molecule has 0 saturated carbocycles. The summed E-state index contributed by atoms with van der Waals surface area (Å²) in [5, 5.41) is 0. The van der Waals surface area contributed by atoms with Crippen molar-refractivity contribution in [3.05, 3.63) is 0 Å². The molecule has 0 aromatic rings. The molecule has 0 aliphatic carbocycles. The maximum atomic E-state index is 11.2. The molecule has 0 aliphatic rings. The van der Waals surface area contributed by atoms with Gasteiger partial charge in [0.2, 0.25) is 0 Å². The second-order valence-electron chi connectivity index (χ2n) is 3.83. The van der Waals surface area contributed by atoms with Crippen LogP contribution < -0.4 is 0 Å². The SMILES string of the molecule is COC(=O)[C@H](CC(C)C)OC(C)C. The number of rotatable bonds is 5. The van der Waals surface area contributed by atoms with Crippen LogP contribution in [0.4, 0.5) is 0 Å². The Morgan fingerprint density at radius 3 is 2.08 bits per heavy atom. The monoisotopic (exact) mass is 188 g/mol. The number of hydrogen-bond acceptors (Lipinski definition) is 3. The Labute approximate surface area is 80.4 Å². The Morgan fingerprint density at radius 2 is 1.77 bits per heavy atom. The fraction of sp³-hybridized carbons (Fsp3) is 0.900. The average Bonchev–Trinajstić information content (AvgIpc) is 2.00. The number of hydrogen-bond donors (Lipinski definition) is 0. The lowest BCUT2D eigenvalue weighted by molar-refractivity contribution is -0.158. The third-order valence-corrected chi connectivity index (χ3v) is 1.59. The van der Waals surface area contributed by atoms with Gasteiger partial charge in [0, 0.05) is 0 Å². The predicted octanol–water partition coefficient (Wildman–Crippen LogP) is 2.00. The van der Waals surface area contributed by atoms with E-state index in [1.54, 1.807) is 0 Å². The van der Waals surface area contributed by atoms with E-state index in [0.29, 0.717) is 12.3 Å². The van der Waals surface area contributed by atoms with Crippen LogP contribution in [0.3, 0.4) is 0 Å². The van der Waals surface area contributed by atoms with E-state index in [9.17, 15) is 4.79 Å². The number of methoxy groups -OCH3 is 1. The summed E-state index contributed by atoms with van der Waals surface area (Å²) in [6, 6.07) is 0. The van der Waals surface area contributed by atoms with E-state index >= 15 is 0 Å². The van der Waals surface area contributed by atoms with Gasteiger partial charge in [-0.1, -0.05) is 13.8 Å². The molecule has 0 aromatic carbocycles. The largest absolute Gasteiger partial charge is 0.467 e. The summed E-state index contributed by atoms with van der Waals surface area (Å²) in [6.45, 7) is 7.94. The summed E-state index contributed by atoms with van der Waals surface area (Å²) in [5.41, 5.74) is 0. The summed E-state index contributed by atoms with van der Waals surface area (Å²) in [4.78, 5) is 11.2. The second kappa shape index (κ2) is 5.97. The first-order chi connectivity index (χ1) is 5.97. The molecule has 1 atom stereocenters. The molecule has 0 fully saturated rings. The number of carbonyl (C=O) groups is 1. The third-order valence-electron chi connectivity index (χ3n) is 1.59. The number of carbonyl (C=O) groups excluding carboxylic acids is 1. The van der Waals surface area contributed by atoms with Crippen LogP contribution in [0.1, 0.15) is 34.1 Å². The Morgan fingerprint density at radius 1 is 1.23 bits per heavy atom. The first kappa shape index (κ1) is 12.4. The molecular weight excluding hydrogens is 168 g/mol. The molecule has 0 rings (SSSR count). The van der Waals surface area contributed by atoms with Gasteiger partial charge in [-0.05, 0) is 26.2 Å². The standard InChI is InChI=1S/C10H20O3/c1-7(2)6-9(10(11)12-5)13-8(3)4/h7-9H,6H2,1-5H3/t9-/m0/s1. The fourth-order valence-corrected chi connectivity index (χ4v) is 1.10. The number of ether oxygens (including phenoxy) is 2. The maximum Gasteiger partial charge on any atom is 0.334 e. The highest BCUT2D eigenvalue weighted by Crippen LogP contribution is 2.11. The van der Waals surface area contributed by atoms with Crippen molar-refractivity contribution in [1.82, 2.24) is 0 Å². The normalized spacial score (nSPS) is 13.5. The lowest BCUT2D eigenvalue weighted by atomic mass is 10.1. The molecule has 0 bridgehead atoms. The average molecular weight is 188 g/mol. The first-order valence-corrected chi connectivity index (χ1v) is 4.70. The molecule has 0 radical (unpaired) electrons. The van der Waals surface area contributed by atoms with Crippen molar-refractivity contribution in [2.24, 2.45) is 5.92 Å². The Balaban J connectivity index is 4.10. The zero-order chi connectivity index (χ0) is 10.4. The fourth-order valence-electron chi connectivity index (χ4n) is 1.10. The van der Waals surface area contributed by atoms with Crippen molar-refractivity contribution in [2.75, 3.05) is 7.11 Å². The molecule has 3 nitrogen and oxygen atoms in total. The van der Waals surface area contributed by atoms with E-state index < -0.39 is 6.10 Å². The minimum Gasteiger partial charge on any atom is -0.467 e. The van der Waals surface area contributed by atoms with E-state index in [0.717, 1.165) is 0 Å². The van der Waals surface area contributed by atoms with E-state index in [1.165, 1.54) is 7.11 Å². The van der Waals surface area contributed by atoms with Crippen molar-refractivity contribution in [3.63, 3.8) is 0 Å². The summed E-state index contributed by atoms with van der Waals surface area (Å²) >= 11 is 0. The molecule has 0 amide bonds. The minimum atomic E-state index is -0.412. The van der Waals surface area contributed by atoms with Crippen molar-refractivity contribution in [3.8, 4) is 0 Å². The van der Waals surface area contributed by atoms with Crippen LogP contribution in [0.25, 0.3) is 0 Å².